The lowest BCUT2D eigenvalue weighted by Gasteiger charge is -2.29. The van der Waals surface area contributed by atoms with E-state index in [9.17, 15) is 0 Å². The van der Waals surface area contributed by atoms with Gasteiger partial charge < -0.3 is 24.3 Å². The maximum Gasteiger partial charge on any atom is 0.172 e. The Kier molecular flexibility index (Phi) is 12.9. The third-order valence-electron chi connectivity index (χ3n) is 5.31. The first kappa shape index (κ1) is 25.3. The summed E-state index contributed by atoms with van der Waals surface area (Å²) in [6.45, 7) is 3.20. The Hall–Kier alpha value is -0.730. The minimum Gasteiger partial charge on any atom is -0.354 e. The molecule has 0 aliphatic carbocycles. The molecule has 2 saturated heterocycles. The van der Waals surface area contributed by atoms with Gasteiger partial charge in [0, 0.05) is 35.0 Å². The number of likely N-dealkylation sites (tertiary alicyclic amines) is 1. The molecule has 2 fully saturated rings. The largest absolute Gasteiger partial charge is 0.354 e. The van der Waals surface area contributed by atoms with Gasteiger partial charge in [-0.2, -0.15) is 0 Å². The average Bonchev–Trinajstić information content (AvgIpc) is 3.39. The number of methoxy groups -OCH3 is 4. The molecule has 0 spiro atoms. The van der Waals surface area contributed by atoms with Gasteiger partial charge in [-0.25, -0.2) is 0 Å². The summed E-state index contributed by atoms with van der Waals surface area (Å²) in [4.78, 5) is 2.45. The van der Waals surface area contributed by atoms with E-state index in [0.29, 0.717) is 12.1 Å². The third-order valence-corrected chi connectivity index (χ3v) is 5.31. The van der Waals surface area contributed by atoms with Gasteiger partial charge >= 0.3 is 0 Å². The standard InChI is InChI=1S/C14H21NO2.C7H15NO2.ClH/c1-16-14(17-2)13-9-6-10-15(13)11-12-7-4-3-5-8-12;1-9-7(10-2)6-4-3-5-8-6;/h3-5,7-8,13-14H,6,9-11H2,1-2H3;6-8H,3-5H2,1-2H3;1H/t13-;6-;/m00./s1. The lowest BCUT2D eigenvalue weighted by atomic mass is 10.1. The van der Waals surface area contributed by atoms with Gasteiger partial charge in [0.05, 0.1) is 12.1 Å². The zero-order valence-corrected chi connectivity index (χ0v) is 18.5. The van der Waals surface area contributed by atoms with Crippen molar-refractivity contribution in [3.8, 4) is 0 Å². The molecule has 0 aromatic heterocycles. The van der Waals surface area contributed by atoms with E-state index in [1.807, 2.05) is 0 Å². The molecule has 0 amide bonds. The number of benzene rings is 1. The maximum atomic E-state index is 5.39. The average molecular weight is 417 g/mol. The summed E-state index contributed by atoms with van der Waals surface area (Å²) in [5.74, 6) is 0. The number of halogens is 1. The van der Waals surface area contributed by atoms with Crippen LogP contribution in [-0.4, -0.2) is 71.1 Å². The lowest BCUT2D eigenvalue weighted by molar-refractivity contribution is -0.141. The highest BCUT2D eigenvalue weighted by Crippen LogP contribution is 2.24. The van der Waals surface area contributed by atoms with Crippen molar-refractivity contribution in [2.75, 3.05) is 41.5 Å². The van der Waals surface area contributed by atoms with E-state index in [0.717, 1.165) is 32.5 Å². The van der Waals surface area contributed by atoms with Crippen LogP contribution in [0.2, 0.25) is 0 Å². The van der Waals surface area contributed by atoms with Gasteiger partial charge in [-0.1, -0.05) is 30.3 Å². The Morgan fingerprint density at radius 3 is 2.11 bits per heavy atom. The Morgan fingerprint density at radius 2 is 1.57 bits per heavy atom. The van der Waals surface area contributed by atoms with Crippen LogP contribution in [-0.2, 0) is 25.5 Å². The molecule has 1 N–H and O–H groups in total. The predicted molar refractivity (Wildman–Crippen MR) is 114 cm³/mol. The van der Waals surface area contributed by atoms with E-state index >= 15 is 0 Å². The maximum absolute atomic E-state index is 5.39. The van der Waals surface area contributed by atoms with Crippen LogP contribution in [0.25, 0.3) is 0 Å². The molecule has 1 aromatic rings. The molecule has 2 heterocycles. The first-order valence-corrected chi connectivity index (χ1v) is 9.86. The molecule has 3 rings (SSSR count). The van der Waals surface area contributed by atoms with E-state index in [1.165, 1.54) is 18.4 Å². The predicted octanol–water partition coefficient (Wildman–Crippen LogP) is 3.05. The molecular formula is C21H37ClN2O4. The molecule has 7 heteroatoms. The van der Waals surface area contributed by atoms with Crippen molar-refractivity contribution in [3.05, 3.63) is 35.9 Å². The number of hydrogen-bond acceptors (Lipinski definition) is 6. The van der Waals surface area contributed by atoms with Gasteiger partial charge in [-0.3, -0.25) is 4.90 Å². The first-order chi connectivity index (χ1) is 13.2. The molecule has 0 bridgehead atoms. The molecule has 0 unspecified atom stereocenters. The summed E-state index contributed by atoms with van der Waals surface area (Å²) in [5, 5.41) is 3.31. The van der Waals surface area contributed by atoms with Crippen LogP contribution in [0.5, 0.6) is 0 Å². The second-order valence-electron chi connectivity index (χ2n) is 7.05. The number of ether oxygens (including phenoxy) is 4. The van der Waals surface area contributed by atoms with E-state index in [2.05, 4.69) is 40.5 Å². The van der Waals surface area contributed by atoms with Crippen molar-refractivity contribution in [1.29, 1.82) is 0 Å². The molecule has 6 nitrogen and oxygen atoms in total. The zero-order chi connectivity index (χ0) is 19.5. The summed E-state index contributed by atoms with van der Waals surface area (Å²) in [7, 11) is 6.78. The number of hydrogen-bond donors (Lipinski definition) is 1. The third kappa shape index (κ3) is 7.59. The molecule has 2 aliphatic rings. The van der Waals surface area contributed by atoms with Crippen LogP contribution in [0.15, 0.2) is 30.3 Å². The quantitative estimate of drug-likeness (QED) is 0.657. The smallest absolute Gasteiger partial charge is 0.172 e. The highest BCUT2D eigenvalue weighted by molar-refractivity contribution is 5.85. The molecule has 2 aliphatic heterocycles. The summed E-state index contributed by atoms with van der Waals surface area (Å²) < 4.78 is 21.0. The summed E-state index contributed by atoms with van der Waals surface area (Å²) in [6.07, 6.45) is 4.59. The van der Waals surface area contributed by atoms with Crippen LogP contribution in [0, 0.1) is 0 Å². The van der Waals surface area contributed by atoms with Crippen molar-refractivity contribution in [2.24, 2.45) is 0 Å². The number of nitrogens with one attached hydrogen (secondary N) is 1. The minimum absolute atomic E-state index is 0. The van der Waals surface area contributed by atoms with Crippen molar-refractivity contribution >= 4 is 12.4 Å². The first-order valence-electron chi connectivity index (χ1n) is 9.86. The second kappa shape index (κ2) is 14.3. The fourth-order valence-corrected chi connectivity index (χ4v) is 3.95. The highest BCUT2D eigenvalue weighted by Gasteiger charge is 2.31. The van der Waals surface area contributed by atoms with Gasteiger partial charge in [-0.05, 0) is 44.3 Å². The van der Waals surface area contributed by atoms with Gasteiger partial charge in [0.1, 0.15) is 0 Å². The van der Waals surface area contributed by atoms with E-state index in [1.54, 1.807) is 28.4 Å². The Bertz CT molecular complexity index is 494. The van der Waals surface area contributed by atoms with Crippen LogP contribution in [0.3, 0.4) is 0 Å². The zero-order valence-electron chi connectivity index (χ0n) is 17.6. The van der Waals surface area contributed by atoms with Crippen molar-refractivity contribution in [2.45, 2.75) is 56.9 Å². The molecule has 1 aromatic carbocycles. The number of rotatable bonds is 8. The normalized spacial score (nSPS) is 22.2. The van der Waals surface area contributed by atoms with Crippen molar-refractivity contribution in [1.82, 2.24) is 10.2 Å². The van der Waals surface area contributed by atoms with Crippen LogP contribution >= 0.6 is 12.4 Å². The number of nitrogens with zero attached hydrogens (tertiary/aromatic N) is 1. The monoisotopic (exact) mass is 416 g/mol. The minimum atomic E-state index is -0.110. The molecule has 162 valence electrons. The van der Waals surface area contributed by atoms with E-state index < -0.39 is 0 Å². The second-order valence-corrected chi connectivity index (χ2v) is 7.05. The van der Waals surface area contributed by atoms with Crippen LogP contribution < -0.4 is 5.32 Å². The Labute approximate surface area is 176 Å². The van der Waals surface area contributed by atoms with Crippen LogP contribution in [0.1, 0.15) is 31.2 Å². The van der Waals surface area contributed by atoms with E-state index in [4.69, 9.17) is 18.9 Å². The summed E-state index contributed by atoms with van der Waals surface area (Å²) in [6, 6.07) is 11.3. The topological polar surface area (TPSA) is 52.2 Å². The lowest BCUT2D eigenvalue weighted by Crippen LogP contribution is -2.40. The van der Waals surface area contributed by atoms with E-state index in [-0.39, 0.29) is 25.0 Å². The fourth-order valence-electron chi connectivity index (χ4n) is 3.95. The SMILES string of the molecule is COC(OC)[C@@H]1CCCN1.COC(OC)[C@@H]1CCCN1Cc1ccccc1.Cl. The van der Waals surface area contributed by atoms with Gasteiger partial charge in [-0.15, -0.1) is 12.4 Å². The summed E-state index contributed by atoms with van der Waals surface area (Å²) >= 11 is 0. The Balaban J connectivity index is 0.000000307. The van der Waals surface area contributed by atoms with Gasteiger partial charge in [0.25, 0.3) is 0 Å². The molecule has 0 saturated carbocycles. The fraction of sp³-hybridized carbons (Fsp3) is 0.714. The van der Waals surface area contributed by atoms with Crippen molar-refractivity contribution in [3.63, 3.8) is 0 Å². The summed E-state index contributed by atoms with van der Waals surface area (Å²) in [5.41, 5.74) is 1.35. The van der Waals surface area contributed by atoms with Crippen LogP contribution in [0.4, 0.5) is 0 Å². The van der Waals surface area contributed by atoms with Gasteiger partial charge in [0.2, 0.25) is 0 Å². The molecule has 0 radical (unpaired) electrons. The Morgan fingerprint density at radius 1 is 0.929 bits per heavy atom. The van der Waals surface area contributed by atoms with Gasteiger partial charge in [0.15, 0.2) is 12.6 Å². The molecule has 28 heavy (non-hydrogen) atoms. The highest BCUT2D eigenvalue weighted by atomic mass is 35.5. The molecular weight excluding hydrogens is 380 g/mol. The van der Waals surface area contributed by atoms with Crippen molar-refractivity contribution < 1.29 is 18.9 Å². The molecule has 2 atom stereocenters.